The van der Waals surface area contributed by atoms with E-state index in [2.05, 4.69) is 30.6 Å². The van der Waals surface area contributed by atoms with E-state index in [-0.39, 0.29) is 0 Å². The van der Waals surface area contributed by atoms with E-state index >= 15 is 0 Å². The second-order valence-corrected chi connectivity index (χ2v) is 8.85. The predicted octanol–water partition coefficient (Wildman–Crippen LogP) is 4.22. The molecule has 0 unspecified atom stereocenters. The number of ether oxygens (including phenoxy) is 1. The van der Waals surface area contributed by atoms with Crippen LogP contribution in [0.25, 0.3) is 21.5 Å². The highest BCUT2D eigenvalue weighted by atomic mass is 32.1. The Bertz CT molecular complexity index is 1180. The van der Waals surface area contributed by atoms with E-state index in [0.29, 0.717) is 18.9 Å². The molecule has 0 spiro atoms. The number of aromatic nitrogens is 5. The fourth-order valence-electron chi connectivity index (χ4n) is 2.89. The summed E-state index contributed by atoms with van der Waals surface area (Å²) in [6, 6.07) is 5.82. The van der Waals surface area contributed by atoms with Gasteiger partial charge in [-0.3, -0.25) is 4.98 Å². The fraction of sp³-hybridized carbons (Fsp3) is 0.286. The van der Waals surface area contributed by atoms with Crippen LogP contribution in [0.3, 0.4) is 0 Å². The maximum atomic E-state index is 11.8. The van der Waals surface area contributed by atoms with Crippen LogP contribution in [0.5, 0.6) is 0 Å². The minimum Gasteiger partial charge on any atom is -0.444 e. The molecule has 0 fully saturated rings. The number of rotatable bonds is 6. The van der Waals surface area contributed by atoms with Gasteiger partial charge in [0.25, 0.3) is 0 Å². The summed E-state index contributed by atoms with van der Waals surface area (Å²) in [7, 11) is 0. The van der Waals surface area contributed by atoms with E-state index in [1.54, 1.807) is 36.3 Å². The molecule has 10 heteroatoms. The number of nitrogens with zero attached hydrogens (tertiary/aromatic N) is 5. The molecule has 0 atom stereocenters. The van der Waals surface area contributed by atoms with Gasteiger partial charge < -0.3 is 19.9 Å². The SMILES string of the molecule is CC(C)(C)OC(=O)NCCn1cnc2cnc(Nc3ncc(-c4ccncc4)s3)cc21. The van der Waals surface area contributed by atoms with Crippen molar-refractivity contribution in [1.82, 2.24) is 29.8 Å². The average molecular weight is 438 g/mol. The van der Waals surface area contributed by atoms with Crippen LogP contribution in [0.2, 0.25) is 0 Å². The van der Waals surface area contributed by atoms with Crippen molar-refractivity contribution in [3.05, 3.63) is 49.3 Å². The summed E-state index contributed by atoms with van der Waals surface area (Å²) < 4.78 is 7.22. The number of hydrogen-bond donors (Lipinski definition) is 2. The first-order valence-corrected chi connectivity index (χ1v) is 10.6. The van der Waals surface area contributed by atoms with Crippen LogP contribution in [-0.2, 0) is 11.3 Å². The number of amides is 1. The van der Waals surface area contributed by atoms with Gasteiger partial charge in [-0.25, -0.2) is 19.7 Å². The Morgan fingerprint density at radius 2 is 1.97 bits per heavy atom. The lowest BCUT2D eigenvalue weighted by Crippen LogP contribution is -2.34. The molecule has 0 saturated carbocycles. The summed E-state index contributed by atoms with van der Waals surface area (Å²) in [4.78, 5) is 30.2. The van der Waals surface area contributed by atoms with E-state index in [1.165, 1.54) is 0 Å². The number of anilines is 2. The van der Waals surface area contributed by atoms with Gasteiger partial charge in [0, 0.05) is 37.7 Å². The van der Waals surface area contributed by atoms with Gasteiger partial charge in [0.2, 0.25) is 0 Å². The predicted molar refractivity (Wildman–Crippen MR) is 120 cm³/mol. The molecule has 0 aliphatic carbocycles. The molecule has 160 valence electrons. The fourth-order valence-corrected chi connectivity index (χ4v) is 3.72. The lowest BCUT2D eigenvalue weighted by molar-refractivity contribution is 0.0526. The molecule has 4 aromatic rings. The number of thiazole rings is 1. The van der Waals surface area contributed by atoms with E-state index in [4.69, 9.17) is 4.74 Å². The van der Waals surface area contributed by atoms with Crippen LogP contribution >= 0.6 is 11.3 Å². The molecular weight excluding hydrogens is 414 g/mol. The smallest absolute Gasteiger partial charge is 0.407 e. The second-order valence-electron chi connectivity index (χ2n) is 7.82. The number of fused-ring (bicyclic) bond motifs is 1. The summed E-state index contributed by atoms with van der Waals surface area (Å²) in [5.74, 6) is 0.671. The highest BCUT2D eigenvalue weighted by Gasteiger charge is 2.15. The zero-order valence-electron chi connectivity index (χ0n) is 17.5. The van der Waals surface area contributed by atoms with Crippen LogP contribution in [0, 0.1) is 0 Å². The molecular formula is C21H23N7O2S. The van der Waals surface area contributed by atoms with Crippen molar-refractivity contribution in [3.63, 3.8) is 0 Å². The first-order valence-electron chi connectivity index (χ1n) is 9.78. The molecule has 0 radical (unpaired) electrons. The number of carbonyl (C=O) groups excluding carboxylic acids is 1. The molecule has 0 saturated heterocycles. The molecule has 0 aliphatic rings. The largest absolute Gasteiger partial charge is 0.444 e. The Hall–Kier alpha value is -3.53. The number of alkyl carbamates (subject to hydrolysis) is 1. The molecule has 1 amide bonds. The Balaban J connectivity index is 1.42. The first-order chi connectivity index (χ1) is 14.9. The maximum absolute atomic E-state index is 11.8. The summed E-state index contributed by atoms with van der Waals surface area (Å²) in [5, 5.41) is 6.76. The van der Waals surface area contributed by atoms with Crippen molar-refractivity contribution in [1.29, 1.82) is 0 Å². The van der Waals surface area contributed by atoms with Crippen LogP contribution in [0.1, 0.15) is 20.8 Å². The van der Waals surface area contributed by atoms with Gasteiger partial charge >= 0.3 is 6.09 Å². The number of nitrogens with one attached hydrogen (secondary N) is 2. The number of hydrogen-bond acceptors (Lipinski definition) is 8. The summed E-state index contributed by atoms with van der Waals surface area (Å²) >= 11 is 1.54. The third-order valence-electron chi connectivity index (χ3n) is 4.23. The van der Waals surface area contributed by atoms with Crippen molar-refractivity contribution in [2.75, 3.05) is 11.9 Å². The Labute approximate surface area is 183 Å². The molecule has 2 N–H and O–H groups in total. The summed E-state index contributed by atoms with van der Waals surface area (Å²) in [6.07, 6.45) is 8.36. The Morgan fingerprint density at radius 3 is 2.74 bits per heavy atom. The van der Waals surface area contributed by atoms with Gasteiger partial charge in [-0.05, 0) is 38.5 Å². The van der Waals surface area contributed by atoms with Crippen molar-refractivity contribution in [2.24, 2.45) is 0 Å². The van der Waals surface area contributed by atoms with Gasteiger partial charge in [0.05, 0.1) is 22.9 Å². The molecule has 9 nitrogen and oxygen atoms in total. The van der Waals surface area contributed by atoms with Crippen LogP contribution in [0.4, 0.5) is 15.7 Å². The number of carbonyl (C=O) groups is 1. The third kappa shape index (κ3) is 5.34. The van der Waals surface area contributed by atoms with Crippen molar-refractivity contribution in [3.8, 4) is 10.4 Å². The molecule has 0 bridgehead atoms. The zero-order valence-corrected chi connectivity index (χ0v) is 18.3. The zero-order chi connectivity index (χ0) is 21.8. The van der Waals surface area contributed by atoms with Gasteiger partial charge in [0.15, 0.2) is 5.13 Å². The standard InChI is InChI=1S/C21H23N7O2S/c1-21(2,3)30-20(29)23-8-9-28-13-26-15-11-24-18(10-16(15)28)27-19-25-12-17(31-19)14-4-6-22-7-5-14/h4-7,10-13H,8-9H2,1-3H3,(H,23,29)(H,24,25,27). The molecule has 0 aliphatic heterocycles. The van der Waals surface area contributed by atoms with Crippen LogP contribution in [0.15, 0.2) is 49.3 Å². The monoisotopic (exact) mass is 437 g/mol. The second kappa shape index (κ2) is 8.68. The summed E-state index contributed by atoms with van der Waals surface area (Å²) in [6.45, 7) is 6.48. The Morgan fingerprint density at radius 1 is 1.16 bits per heavy atom. The molecule has 31 heavy (non-hydrogen) atoms. The molecule has 4 rings (SSSR count). The van der Waals surface area contributed by atoms with Gasteiger partial charge in [-0.2, -0.15) is 0 Å². The highest BCUT2D eigenvalue weighted by Crippen LogP contribution is 2.30. The topological polar surface area (TPSA) is 107 Å². The van der Waals surface area contributed by atoms with Crippen LogP contribution < -0.4 is 10.6 Å². The van der Waals surface area contributed by atoms with Crippen molar-refractivity contribution >= 4 is 39.4 Å². The third-order valence-corrected chi connectivity index (χ3v) is 5.20. The van der Waals surface area contributed by atoms with Gasteiger partial charge in [-0.1, -0.05) is 11.3 Å². The van der Waals surface area contributed by atoms with E-state index < -0.39 is 11.7 Å². The van der Waals surface area contributed by atoms with Crippen LogP contribution in [-0.4, -0.2) is 42.7 Å². The number of imidazole rings is 1. The van der Waals surface area contributed by atoms with E-state index in [0.717, 1.165) is 26.6 Å². The normalized spacial score (nSPS) is 11.5. The number of pyridine rings is 2. The lowest BCUT2D eigenvalue weighted by Gasteiger charge is -2.19. The quantitative estimate of drug-likeness (QED) is 0.465. The maximum Gasteiger partial charge on any atom is 0.407 e. The molecule has 0 aromatic carbocycles. The summed E-state index contributed by atoms with van der Waals surface area (Å²) in [5.41, 5.74) is 2.24. The van der Waals surface area contributed by atoms with Gasteiger partial charge in [0.1, 0.15) is 16.9 Å². The Kier molecular flexibility index (Phi) is 5.81. The van der Waals surface area contributed by atoms with Crippen molar-refractivity contribution < 1.29 is 9.53 Å². The van der Waals surface area contributed by atoms with Crippen molar-refractivity contribution in [2.45, 2.75) is 32.9 Å². The lowest BCUT2D eigenvalue weighted by atomic mass is 10.2. The minimum atomic E-state index is -0.523. The molecule has 4 aromatic heterocycles. The van der Waals surface area contributed by atoms with E-state index in [9.17, 15) is 4.79 Å². The first kappa shape index (κ1) is 20.7. The highest BCUT2D eigenvalue weighted by molar-refractivity contribution is 7.18. The minimum absolute atomic E-state index is 0.424. The van der Waals surface area contributed by atoms with E-state index in [1.807, 2.05) is 49.7 Å². The average Bonchev–Trinajstić information content (AvgIpc) is 3.35. The van der Waals surface area contributed by atoms with Gasteiger partial charge in [-0.15, -0.1) is 0 Å². The molecule has 4 heterocycles.